The van der Waals surface area contributed by atoms with Crippen LogP contribution in [0.15, 0.2) is 0 Å². The minimum atomic E-state index is -9.74. The van der Waals surface area contributed by atoms with Gasteiger partial charge in [0.2, 0.25) is 0 Å². The molecule has 4 aromatic rings. The van der Waals surface area contributed by atoms with E-state index in [1.165, 1.54) is 0 Å². The van der Waals surface area contributed by atoms with Gasteiger partial charge in [-0.2, -0.15) is 0 Å². The minimum Gasteiger partial charge on any atom is 1.00 e. The Kier molecular flexibility index (Phi) is 18.4. The van der Waals surface area contributed by atoms with Gasteiger partial charge in [-0.05, 0) is 27.7 Å². The Hall–Kier alpha value is -3.37. The van der Waals surface area contributed by atoms with E-state index in [2.05, 4.69) is 0 Å². The second-order valence-electron chi connectivity index (χ2n) is 10.4. The second-order valence-corrected chi connectivity index (χ2v) is 18.8. The van der Waals surface area contributed by atoms with Crippen molar-refractivity contribution in [1.82, 2.24) is 0 Å². The molecule has 0 aliphatic rings. The number of benzene rings is 4. The molecule has 0 saturated carbocycles. The molecule has 0 saturated heterocycles. The molecule has 2 nitrogen and oxygen atoms in total. The second kappa shape index (κ2) is 20.4. The van der Waals surface area contributed by atoms with Crippen LogP contribution < -0.4 is 35.3 Å². The number of ether oxygens (including phenoxy) is 2. The first-order valence-corrected chi connectivity index (χ1v) is 19.8. The smallest absolute Gasteiger partial charge is 1.00 e. The van der Waals surface area contributed by atoms with E-state index in [0.29, 0.717) is 0 Å². The maximum Gasteiger partial charge on any atom is 1.00 e. The van der Waals surface area contributed by atoms with Gasteiger partial charge in [0.1, 0.15) is 0 Å². The van der Waals surface area contributed by atoms with Gasteiger partial charge in [0, 0.05) is 26.4 Å². The monoisotopic (exact) mass is 892 g/mol. The van der Waals surface area contributed by atoms with E-state index in [0.717, 1.165) is 26.4 Å². The van der Waals surface area contributed by atoms with Crippen LogP contribution in [-0.2, 0) is 9.47 Å². The fourth-order valence-corrected chi connectivity index (χ4v) is 17.4. The van der Waals surface area contributed by atoms with E-state index in [-0.39, 0.29) is 18.9 Å². The SMILES string of the molecule is CCOCC.CCOCC.Fc1c(F)c(F)[c]([Ga-]([c]2c(F)c(F)c(F)c(F)c2F)([c]2c(F)c(F)c(F)c(F)c2F)[c]2c(F)c(F)c(F)c(F)c2F)c(F)c1F.[Li+]. The Morgan fingerprint density at radius 3 is 0.446 bits per heavy atom. The molecule has 0 heterocycles. The summed E-state index contributed by atoms with van der Waals surface area (Å²) in [4.78, 5) is 0. The summed E-state index contributed by atoms with van der Waals surface area (Å²) in [5, 5.41) is 0. The van der Waals surface area contributed by atoms with Gasteiger partial charge in [-0.3, -0.25) is 0 Å². The van der Waals surface area contributed by atoms with E-state index in [1.807, 2.05) is 27.7 Å². The Balaban J connectivity index is 0.00000127. The largest absolute Gasteiger partial charge is 1.00 e. The molecule has 0 aliphatic carbocycles. The molecule has 0 aromatic heterocycles. The third-order valence-corrected chi connectivity index (χ3v) is 19.0. The average Bonchev–Trinajstić information content (AvgIpc) is 3.15. The maximum atomic E-state index is 15.4. The number of hydrogen-bond donors (Lipinski definition) is 0. The summed E-state index contributed by atoms with van der Waals surface area (Å²) in [6.07, 6.45) is 0. The van der Waals surface area contributed by atoms with Crippen LogP contribution in [-0.4, -0.2) is 41.5 Å². The standard InChI is InChI=1S/4C6F5.2C4H10O.Ga.Li/c4*7-2-1-3(8)5(10)6(11)4(2)9;2*1-3-5-4-2;;/h;;;;2*3-4H2,1-2H3;;/q;;;;;;-1;+1. The van der Waals surface area contributed by atoms with E-state index < -0.39 is 148 Å². The van der Waals surface area contributed by atoms with Gasteiger partial charge in [-0.15, -0.1) is 0 Å². The zero-order valence-electron chi connectivity index (χ0n) is 28.8. The van der Waals surface area contributed by atoms with Crippen molar-refractivity contribution in [3.8, 4) is 0 Å². The van der Waals surface area contributed by atoms with Crippen LogP contribution in [0, 0.1) is 116 Å². The van der Waals surface area contributed by atoms with E-state index in [4.69, 9.17) is 9.47 Å². The molecule has 56 heavy (non-hydrogen) atoms. The number of halogens is 20. The van der Waals surface area contributed by atoms with Gasteiger partial charge in [0.15, 0.2) is 0 Å². The summed E-state index contributed by atoms with van der Waals surface area (Å²) in [6, 6.07) is 0. The maximum absolute atomic E-state index is 15.4. The van der Waals surface area contributed by atoms with Crippen LogP contribution in [0.1, 0.15) is 27.7 Å². The predicted molar refractivity (Wildman–Crippen MR) is 154 cm³/mol. The first-order valence-electron chi connectivity index (χ1n) is 14.9. The fourth-order valence-electron chi connectivity index (χ4n) is 5.28. The molecule has 4 aromatic carbocycles. The van der Waals surface area contributed by atoms with E-state index in [1.54, 1.807) is 0 Å². The van der Waals surface area contributed by atoms with Crippen LogP contribution in [0.4, 0.5) is 87.8 Å². The molecule has 0 atom stereocenters. The van der Waals surface area contributed by atoms with Crippen LogP contribution in [0.5, 0.6) is 0 Å². The van der Waals surface area contributed by atoms with Crippen molar-refractivity contribution in [2.45, 2.75) is 27.7 Å². The summed E-state index contributed by atoms with van der Waals surface area (Å²) >= 11 is -9.74. The fraction of sp³-hybridized carbons (Fsp3) is 0.250. The van der Waals surface area contributed by atoms with Crippen molar-refractivity contribution in [1.29, 1.82) is 0 Å². The van der Waals surface area contributed by atoms with Gasteiger partial charge in [-0.1, -0.05) is 0 Å². The molecule has 0 bridgehead atoms. The normalized spacial score (nSPS) is 11.1. The number of rotatable bonds is 8. The van der Waals surface area contributed by atoms with Gasteiger partial charge in [0.25, 0.3) is 0 Å². The molecule has 0 N–H and O–H groups in total. The van der Waals surface area contributed by atoms with Crippen LogP contribution in [0.3, 0.4) is 0 Å². The molecule has 4 rings (SSSR count). The molecular weight excluding hydrogens is 873 g/mol. The summed E-state index contributed by atoms with van der Waals surface area (Å²) in [7, 11) is 0. The average molecular weight is 893 g/mol. The molecule has 0 radical (unpaired) electrons. The Labute approximate surface area is 317 Å². The van der Waals surface area contributed by atoms with Crippen molar-refractivity contribution < 1.29 is 116 Å². The topological polar surface area (TPSA) is 18.5 Å². The summed E-state index contributed by atoms with van der Waals surface area (Å²) in [5.41, 5.74) is 0. The molecule has 0 spiro atoms. The van der Waals surface area contributed by atoms with Crippen molar-refractivity contribution in [2.75, 3.05) is 26.4 Å². The Morgan fingerprint density at radius 1 is 0.250 bits per heavy atom. The van der Waals surface area contributed by atoms with Crippen LogP contribution in [0.25, 0.3) is 0 Å². The molecule has 304 valence electrons. The van der Waals surface area contributed by atoms with Gasteiger partial charge >= 0.3 is 255 Å². The van der Waals surface area contributed by atoms with Crippen molar-refractivity contribution in [3.05, 3.63) is 116 Å². The Morgan fingerprint density at radius 2 is 0.357 bits per heavy atom. The van der Waals surface area contributed by atoms with Crippen molar-refractivity contribution in [2.24, 2.45) is 0 Å². The van der Waals surface area contributed by atoms with E-state index >= 15 is 35.1 Å². The van der Waals surface area contributed by atoms with Crippen LogP contribution >= 0.6 is 0 Å². The molecule has 0 aliphatic heterocycles. The van der Waals surface area contributed by atoms with Crippen LogP contribution in [0.2, 0.25) is 0 Å². The molecule has 0 fully saturated rings. The third kappa shape index (κ3) is 8.57. The van der Waals surface area contributed by atoms with E-state index in [9.17, 15) is 52.7 Å². The van der Waals surface area contributed by atoms with Gasteiger partial charge in [0.05, 0.1) is 0 Å². The zero-order valence-corrected chi connectivity index (χ0v) is 31.2. The van der Waals surface area contributed by atoms with Gasteiger partial charge in [-0.25, -0.2) is 0 Å². The summed E-state index contributed by atoms with van der Waals surface area (Å²) in [5.74, 6) is -70.5. The molecular formula is C32H20F20GaLiO2. The minimum absolute atomic E-state index is 0. The third-order valence-electron chi connectivity index (χ3n) is 7.52. The first kappa shape index (κ1) is 50.7. The van der Waals surface area contributed by atoms with Crippen molar-refractivity contribution in [3.63, 3.8) is 0 Å². The zero-order chi connectivity index (χ0) is 42.6. The predicted octanol–water partition coefficient (Wildman–Crippen LogP) is 4.94. The molecule has 0 unspecified atom stereocenters. The molecule has 0 amide bonds. The quantitative estimate of drug-likeness (QED) is 0.108. The van der Waals surface area contributed by atoms with Gasteiger partial charge < -0.3 is 9.47 Å². The molecule has 24 heteroatoms. The van der Waals surface area contributed by atoms with Crippen molar-refractivity contribution >= 4 is 31.5 Å². The summed E-state index contributed by atoms with van der Waals surface area (Å²) in [6.45, 7) is 11.3. The Bertz CT molecular complexity index is 1690. The summed E-state index contributed by atoms with van der Waals surface area (Å²) < 4.78 is 290. The first-order chi connectivity index (χ1) is 25.5. The number of hydrogen-bond acceptors (Lipinski definition) is 2.